The summed E-state index contributed by atoms with van der Waals surface area (Å²) in [6.07, 6.45) is 4.35. The normalized spacial score (nSPS) is 37.1. The molecule has 3 atom stereocenters. The van der Waals surface area contributed by atoms with Crippen molar-refractivity contribution in [1.82, 2.24) is 0 Å². The monoisotopic (exact) mass is 260 g/mol. The second-order valence-electron chi connectivity index (χ2n) is 6.90. The smallest absolute Gasteiger partial charge is 0.0187 e. The first-order valence-corrected chi connectivity index (χ1v) is 8.24. The van der Waals surface area contributed by atoms with Gasteiger partial charge in [0.2, 0.25) is 0 Å². The van der Waals surface area contributed by atoms with Gasteiger partial charge in [-0.3, -0.25) is 0 Å². The first kappa shape index (κ1) is 12.6. The van der Waals surface area contributed by atoms with Crippen molar-refractivity contribution in [2.45, 2.75) is 51.0 Å². The molecular weight excluding hydrogens is 236 g/mol. The highest BCUT2D eigenvalue weighted by Crippen LogP contribution is 2.68. The number of rotatable bonds is 3. The summed E-state index contributed by atoms with van der Waals surface area (Å²) < 4.78 is 0. The molecule has 0 unspecified atom stereocenters. The molecule has 2 saturated carbocycles. The van der Waals surface area contributed by atoms with Crippen molar-refractivity contribution in [3.8, 4) is 0 Å². The Morgan fingerprint density at radius 3 is 2.44 bits per heavy atom. The Bertz CT molecular complexity index is 422. The molecule has 1 aromatic carbocycles. The van der Waals surface area contributed by atoms with Crippen LogP contribution >= 0.6 is 11.8 Å². The molecule has 0 aliphatic heterocycles. The van der Waals surface area contributed by atoms with Gasteiger partial charge in [0, 0.05) is 11.0 Å². The van der Waals surface area contributed by atoms with E-state index in [0.717, 1.165) is 11.2 Å². The minimum Gasteiger partial charge on any atom is -0.153 e. The standard InChI is InChI=1S/C17H24S/c1-16(2)14-9-10-17(16,3)15(11-14)18-12-13-7-5-4-6-8-13/h4-8,14-15H,9-12H2,1-3H3/t14-,15-,17+/m1/s1. The molecule has 1 heteroatoms. The molecule has 18 heavy (non-hydrogen) atoms. The van der Waals surface area contributed by atoms with Gasteiger partial charge in [0.25, 0.3) is 0 Å². The van der Waals surface area contributed by atoms with E-state index in [2.05, 4.69) is 62.9 Å². The van der Waals surface area contributed by atoms with E-state index in [-0.39, 0.29) is 0 Å². The molecule has 0 nitrogen and oxygen atoms in total. The lowest BCUT2D eigenvalue weighted by atomic mass is 9.71. The first-order chi connectivity index (χ1) is 8.54. The van der Waals surface area contributed by atoms with Crippen LogP contribution in [0.2, 0.25) is 0 Å². The van der Waals surface area contributed by atoms with Gasteiger partial charge < -0.3 is 0 Å². The van der Waals surface area contributed by atoms with Crippen LogP contribution in [0.4, 0.5) is 0 Å². The van der Waals surface area contributed by atoms with E-state index < -0.39 is 0 Å². The fourth-order valence-electron chi connectivity index (χ4n) is 4.15. The molecule has 2 aliphatic carbocycles. The van der Waals surface area contributed by atoms with Crippen LogP contribution in [-0.4, -0.2) is 5.25 Å². The van der Waals surface area contributed by atoms with Gasteiger partial charge in [-0.25, -0.2) is 0 Å². The van der Waals surface area contributed by atoms with Crippen molar-refractivity contribution in [2.75, 3.05) is 0 Å². The largest absolute Gasteiger partial charge is 0.153 e. The SMILES string of the molecule is CC1(C)[C@@H]2CC[C@@]1(C)[C@H](SCc1ccccc1)C2. The Kier molecular flexibility index (Phi) is 3.01. The molecule has 0 saturated heterocycles. The second-order valence-corrected chi connectivity index (χ2v) is 8.09. The fourth-order valence-corrected chi connectivity index (χ4v) is 5.90. The van der Waals surface area contributed by atoms with Gasteiger partial charge >= 0.3 is 0 Å². The van der Waals surface area contributed by atoms with Crippen molar-refractivity contribution in [3.05, 3.63) is 35.9 Å². The lowest BCUT2D eigenvalue weighted by Crippen LogP contribution is -2.33. The van der Waals surface area contributed by atoms with Crippen LogP contribution in [0.5, 0.6) is 0 Å². The highest BCUT2D eigenvalue weighted by molar-refractivity contribution is 7.99. The molecule has 2 bridgehead atoms. The molecule has 2 aliphatic rings. The molecular formula is C17H24S. The molecule has 3 rings (SSSR count). The predicted octanol–water partition coefficient (Wildman–Crippen LogP) is 5.13. The van der Waals surface area contributed by atoms with Crippen LogP contribution in [0.1, 0.15) is 45.6 Å². The summed E-state index contributed by atoms with van der Waals surface area (Å²) in [4.78, 5) is 0. The maximum Gasteiger partial charge on any atom is 0.0187 e. The number of thioether (sulfide) groups is 1. The lowest BCUT2D eigenvalue weighted by Gasteiger charge is -2.39. The van der Waals surface area contributed by atoms with Crippen LogP contribution in [0.25, 0.3) is 0 Å². The number of fused-ring (bicyclic) bond motifs is 2. The van der Waals surface area contributed by atoms with Crippen molar-refractivity contribution < 1.29 is 0 Å². The summed E-state index contributed by atoms with van der Waals surface area (Å²) in [5.74, 6) is 2.15. The highest BCUT2D eigenvalue weighted by atomic mass is 32.2. The van der Waals surface area contributed by atoms with Crippen LogP contribution < -0.4 is 0 Å². The topological polar surface area (TPSA) is 0 Å². The minimum absolute atomic E-state index is 0.557. The average Bonchev–Trinajstić information content (AvgIpc) is 2.70. The van der Waals surface area contributed by atoms with E-state index in [9.17, 15) is 0 Å². The van der Waals surface area contributed by atoms with Crippen LogP contribution in [0, 0.1) is 16.7 Å². The van der Waals surface area contributed by atoms with Gasteiger partial charge in [0.1, 0.15) is 0 Å². The molecule has 2 fully saturated rings. The third kappa shape index (κ3) is 1.74. The quantitative estimate of drug-likeness (QED) is 0.725. The lowest BCUT2D eigenvalue weighted by molar-refractivity contribution is 0.156. The highest BCUT2D eigenvalue weighted by Gasteiger charge is 2.61. The van der Waals surface area contributed by atoms with Crippen molar-refractivity contribution in [3.63, 3.8) is 0 Å². The Morgan fingerprint density at radius 1 is 1.17 bits per heavy atom. The van der Waals surface area contributed by atoms with Crippen LogP contribution in [-0.2, 0) is 5.75 Å². The molecule has 0 radical (unpaired) electrons. The number of hydrogen-bond acceptors (Lipinski definition) is 1. The van der Waals surface area contributed by atoms with Crippen LogP contribution in [0.3, 0.4) is 0 Å². The molecule has 1 aromatic rings. The summed E-state index contributed by atoms with van der Waals surface area (Å²) in [7, 11) is 0. The third-order valence-electron chi connectivity index (χ3n) is 6.01. The van der Waals surface area contributed by atoms with E-state index >= 15 is 0 Å². The fraction of sp³-hybridized carbons (Fsp3) is 0.647. The van der Waals surface area contributed by atoms with E-state index in [0.29, 0.717) is 10.8 Å². The van der Waals surface area contributed by atoms with Gasteiger partial charge in [-0.1, -0.05) is 51.1 Å². The maximum absolute atomic E-state index is 2.54. The second kappa shape index (κ2) is 4.30. The van der Waals surface area contributed by atoms with E-state index in [4.69, 9.17) is 0 Å². The molecule has 0 N–H and O–H groups in total. The van der Waals surface area contributed by atoms with Crippen molar-refractivity contribution >= 4 is 11.8 Å². The third-order valence-corrected chi connectivity index (χ3v) is 7.62. The summed E-state index contributed by atoms with van der Waals surface area (Å²) in [6.45, 7) is 7.56. The van der Waals surface area contributed by atoms with E-state index in [1.807, 2.05) is 0 Å². The van der Waals surface area contributed by atoms with E-state index in [1.54, 1.807) is 0 Å². The predicted molar refractivity (Wildman–Crippen MR) is 80.8 cm³/mol. The molecule has 0 spiro atoms. The van der Waals surface area contributed by atoms with Gasteiger partial charge in [-0.05, 0) is 41.6 Å². The molecule has 98 valence electrons. The summed E-state index contributed by atoms with van der Waals surface area (Å²) in [5.41, 5.74) is 2.60. The van der Waals surface area contributed by atoms with Gasteiger partial charge in [-0.15, -0.1) is 0 Å². The van der Waals surface area contributed by atoms with E-state index in [1.165, 1.54) is 30.6 Å². The number of hydrogen-bond donors (Lipinski definition) is 0. The zero-order valence-electron chi connectivity index (χ0n) is 11.8. The Hall–Kier alpha value is -0.430. The summed E-state index contributed by atoms with van der Waals surface area (Å²) >= 11 is 2.20. The Morgan fingerprint density at radius 2 is 1.89 bits per heavy atom. The zero-order valence-corrected chi connectivity index (χ0v) is 12.6. The van der Waals surface area contributed by atoms with Gasteiger partial charge in [0.15, 0.2) is 0 Å². The average molecular weight is 260 g/mol. The summed E-state index contributed by atoms with van der Waals surface area (Å²) in [5, 5.41) is 0.867. The zero-order chi connectivity index (χ0) is 12.8. The maximum atomic E-state index is 2.54. The first-order valence-electron chi connectivity index (χ1n) is 7.19. The summed E-state index contributed by atoms with van der Waals surface area (Å²) in [6, 6.07) is 10.9. The molecule has 0 aromatic heterocycles. The minimum atomic E-state index is 0.557. The van der Waals surface area contributed by atoms with Gasteiger partial charge in [-0.2, -0.15) is 11.8 Å². The molecule has 0 heterocycles. The Labute approximate surface area is 116 Å². The number of benzene rings is 1. The van der Waals surface area contributed by atoms with Gasteiger partial charge in [0.05, 0.1) is 0 Å². The van der Waals surface area contributed by atoms with Crippen LogP contribution in [0.15, 0.2) is 30.3 Å². The molecule has 0 amide bonds. The van der Waals surface area contributed by atoms with Crippen molar-refractivity contribution in [2.24, 2.45) is 16.7 Å². The van der Waals surface area contributed by atoms with Crippen molar-refractivity contribution in [1.29, 1.82) is 0 Å². The Balaban J connectivity index is 1.69.